The van der Waals surface area contributed by atoms with Crippen LogP contribution < -0.4 is 11.2 Å². The van der Waals surface area contributed by atoms with E-state index in [-0.39, 0.29) is 10.6 Å². The summed E-state index contributed by atoms with van der Waals surface area (Å²) in [6, 6.07) is 8.65. The minimum absolute atomic E-state index is 0.153. The molecule has 0 atom stereocenters. The third-order valence-electron chi connectivity index (χ3n) is 3.42. The second kappa shape index (κ2) is 6.54. The summed E-state index contributed by atoms with van der Waals surface area (Å²) in [5, 5.41) is 21.8. The zero-order valence-corrected chi connectivity index (χ0v) is 14.6. The standard InChI is InChI=1S/C14H10ClN7O2S/c1-20-11(23)10(7-16)12(21(2)14(20)24)25-13-17-18-19-22(13)9-5-3-8(15)4-6-9/h3-6H,1-2H3. The summed E-state index contributed by atoms with van der Waals surface area (Å²) in [4.78, 5) is 24.3. The SMILES string of the molecule is Cn1c(Sc2nnnn2-c2ccc(Cl)cc2)c(C#N)c(=O)n(C)c1=O. The Bertz CT molecular complexity index is 1110. The first-order valence-electron chi connectivity index (χ1n) is 6.86. The number of halogens is 1. The van der Waals surface area contributed by atoms with Crippen LogP contribution in [0.2, 0.25) is 5.02 Å². The topological polar surface area (TPSA) is 111 Å². The maximum Gasteiger partial charge on any atom is 0.331 e. The van der Waals surface area contributed by atoms with Crippen molar-refractivity contribution in [3.8, 4) is 11.8 Å². The van der Waals surface area contributed by atoms with Crippen LogP contribution >= 0.6 is 23.4 Å². The quantitative estimate of drug-likeness (QED) is 0.620. The Kier molecular flexibility index (Phi) is 4.43. The molecule has 0 spiro atoms. The number of benzene rings is 1. The Morgan fingerprint density at radius 3 is 2.48 bits per heavy atom. The molecule has 0 unspecified atom stereocenters. The highest BCUT2D eigenvalue weighted by atomic mass is 35.5. The fourth-order valence-corrected chi connectivity index (χ4v) is 3.17. The van der Waals surface area contributed by atoms with Crippen molar-refractivity contribution in [3.63, 3.8) is 0 Å². The van der Waals surface area contributed by atoms with E-state index in [1.165, 1.54) is 23.3 Å². The lowest BCUT2D eigenvalue weighted by molar-refractivity contribution is 0.629. The smallest absolute Gasteiger partial charge is 0.289 e. The molecule has 3 rings (SSSR count). The lowest BCUT2D eigenvalue weighted by atomic mass is 10.3. The van der Waals surface area contributed by atoms with Crippen molar-refractivity contribution in [3.05, 3.63) is 55.7 Å². The Hall–Kier alpha value is -2.90. The van der Waals surface area contributed by atoms with E-state index in [1.807, 2.05) is 6.07 Å². The molecule has 0 N–H and O–H groups in total. The summed E-state index contributed by atoms with van der Waals surface area (Å²) in [7, 11) is 2.79. The van der Waals surface area contributed by atoms with E-state index in [1.54, 1.807) is 24.3 Å². The number of hydrogen-bond acceptors (Lipinski definition) is 7. The average molecular weight is 376 g/mol. The van der Waals surface area contributed by atoms with Crippen molar-refractivity contribution in [2.45, 2.75) is 10.2 Å². The molecular formula is C14H10ClN7O2S. The van der Waals surface area contributed by atoms with Crippen LogP contribution in [0.5, 0.6) is 0 Å². The third kappa shape index (κ3) is 2.95. The van der Waals surface area contributed by atoms with Gasteiger partial charge in [-0.15, -0.1) is 5.10 Å². The van der Waals surface area contributed by atoms with Crippen molar-refractivity contribution >= 4 is 23.4 Å². The Balaban J connectivity index is 2.13. The first-order valence-corrected chi connectivity index (χ1v) is 8.05. The fourth-order valence-electron chi connectivity index (χ4n) is 2.11. The molecular weight excluding hydrogens is 366 g/mol. The molecule has 1 aromatic carbocycles. The van der Waals surface area contributed by atoms with Crippen molar-refractivity contribution in [1.29, 1.82) is 5.26 Å². The number of nitrogens with zero attached hydrogens (tertiary/aromatic N) is 7. The molecule has 0 radical (unpaired) electrons. The van der Waals surface area contributed by atoms with E-state index in [9.17, 15) is 14.9 Å². The number of tetrazole rings is 1. The van der Waals surface area contributed by atoms with Gasteiger partial charge in [-0.05, 0) is 46.5 Å². The molecule has 9 nitrogen and oxygen atoms in total. The third-order valence-corrected chi connectivity index (χ3v) is 4.78. The highest BCUT2D eigenvalue weighted by Gasteiger charge is 2.20. The Morgan fingerprint density at radius 2 is 1.84 bits per heavy atom. The predicted octanol–water partition coefficient (Wildman–Crippen LogP) is 0.736. The summed E-state index contributed by atoms with van der Waals surface area (Å²) in [6.07, 6.45) is 0. The van der Waals surface area contributed by atoms with E-state index >= 15 is 0 Å². The fraction of sp³-hybridized carbons (Fsp3) is 0.143. The summed E-state index contributed by atoms with van der Waals surface area (Å²) in [5.41, 5.74) is -0.722. The van der Waals surface area contributed by atoms with E-state index in [0.29, 0.717) is 15.9 Å². The lowest BCUT2D eigenvalue weighted by Gasteiger charge is -2.10. The van der Waals surface area contributed by atoms with Gasteiger partial charge in [0.25, 0.3) is 5.56 Å². The number of rotatable bonds is 3. The van der Waals surface area contributed by atoms with E-state index < -0.39 is 11.2 Å². The van der Waals surface area contributed by atoms with Crippen LogP contribution in [-0.2, 0) is 14.1 Å². The van der Waals surface area contributed by atoms with Crippen molar-refractivity contribution in [2.24, 2.45) is 14.1 Å². The summed E-state index contributed by atoms with van der Waals surface area (Å²) < 4.78 is 3.51. The maximum absolute atomic E-state index is 12.2. The molecule has 0 aliphatic rings. The molecule has 0 saturated heterocycles. The molecule has 2 aromatic heterocycles. The van der Waals surface area contributed by atoms with Crippen LogP contribution in [-0.4, -0.2) is 29.3 Å². The molecule has 2 heterocycles. The van der Waals surface area contributed by atoms with Crippen LogP contribution in [0.1, 0.15) is 5.56 Å². The molecule has 3 aromatic rings. The zero-order valence-electron chi connectivity index (χ0n) is 13.0. The minimum atomic E-state index is -0.668. The predicted molar refractivity (Wildman–Crippen MR) is 89.9 cm³/mol. The summed E-state index contributed by atoms with van der Waals surface area (Å²) in [5.74, 6) is 0. The van der Waals surface area contributed by atoms with Gasteiger partial charge in [0.1, 0.15) is 16.7 Å². The van der Waals surface area contributed by atoms with Gasteiger partial charge in [-0.3, -0.25) is 13.9 Å². The number of nitriles is 1. The van der Waals surface area contributed by atoms with Gasteiger partial charge in [0.2, 0.25) is 5.16 Å². The zero-order chi connectivity index (χ0) is 18.1. The van der Waals surface area contributed by atoms with Gasteiger partial charge in [0.05, 0.1) is 5.69 Å². The average Bonchev–Trinajstić information content (AvgIpc) is 3.07. The molecule has 0 saturated carbocycles. The molecule has 126 valence electrons. The Morgan fingerprint density at radius 1 is 1.16 bits per heavy atom. The molecule has 0 bridgehead atoms. The van der Waals surface area contributed by atoms with Gasteiger partial charge in [-0.2, -0.15) is 9.94 Å². The number of hydrogen-bond donors (Lipinski definition) is 0. The van der Waals surface area contributed by atoms with Crippen molar-refractivity contribution < 1.29 is 0 Å². The summed E-state index contributed by atoms with van der Waals surface area (Å²) in [6.45, 7) is 0. The van der Waals surface area contributed by atoms with Gasteiger partial charge in [-0.1, -0.05) is 11.6 Å². The first kappa shape index (κ1) is 16.9. The van der Waals surface area contributed by atoms with Crippen molar-refractivity contribution in [1.82, 2.24) is 29.3 Å². The summed E-state index contributed by atoms with van der Waals surface area (Å²) >= 11 is 6.83. The van der Waals surface area contributed by atoms with Crippen molar-refractivity contribution in [2.75, 3.05) is 0 Å². The van der Waals surface area contributed by atoms with Crippen LogP contribution in [0.4, 0.5) is 0 Å². The first-order chi connectivity index (χ1) is 11.9. The van der Waals surface area contributed by atoms with Gasteiger partial charge in [-0.25, -0.2) is 4.79 Å². The highest BCUT2D eigenvalue weighted by Crippen LogP contribution is 2.27. The van der Waals surface area contributed by atoms with Gasteiger partial charge in [0, 0.05) is 19.1 Å². The van der Waals surface area contributed by atoms with Crippen LogP contribution in [0.15, 0.2) is 44.0 Å². The van der Waals surface area contributed by atoms with Crippen LogP contribution in [0.3, 0.4) is 0 Å². The van der Waals surface area contributed by atoms with E-state index in [4.69, 9.17) is 11.6 Å². The molecule has 25 heavy (non-hydrogen) atoms. The van der Waals surface area contributed by atoms with Gasteiger partial charge < -0.3 is 0 Å². The number of aromatic nitrogens is 6. The molecule has 0 amide bonds. The molecule has 0 aliphatic carbocycles. The maximum atomic E-state index is 12.2. The lowest BCUT2D eigenvalue weighted by Crippen LogP contribution is -2.39. The second-order valence-electron chi connectivity index (χ2n) is 4.95. The van der Waals surface area contributed by atoms with Gasteiger partial charge >= 0.3 is 5.69 Å². The van der Waals surface area contributed by atoms with E-state index in [2.05, 4.69) is 15.5 Å². The molecule has 0 fully saturated rings. The normalized spacial score (nSPS) is 10.6. The molecule has 0 aliphatic heterocycles. The minimum Gasteiger partial charge on any atom is -0.289 e. The Labute approximate surface area is 150 Å². The monoisotopic (exact) mass is 375 g/mol. The molecule has 11 heteroatoms. The van der Waals surface area contributed by atoms with E-state index in [0.717, 1.165) is 16.3 Å². The van der Waals surface area contributed by atoms with Gasteiger partial charge in [0.15, 0.2) is 0 Å². The highest BCUT2D eigenvalue weighted by molar-refractivity contribution is 7.99. The largest absolute Gasteiger partial charge is 0.331 e. The van der Waals surface area contributed by atoms with Crippen LogP contribution in [0, 0.1) is 11.3 Å². The second-order valence-corrected chi connectivity index (χ2v) is 6.34. The van der Waals surface area contributed by atoms with Crippen LogP contribution in [0.25, 0.3) is 5.69 Å².